The van der Waals surface area contributed by atoms with Crippen molar-refractivity contribution in [2.75, 3.05) is 19.0 Å². The summed E-state index contributed by atoms with van der Waals surface area (Å²) in [5.74, 6) is 0.328. The van der Waals surface area contributed by atoms with Crippen molar-refractivity contribution in [2.24, 2.45) is 0 Å². The number of hydrogen-bond acceptors (Lipinski definition) is 3. The lowest BCUT2D eigenvalue weighted by Gasteiger charge is -2.06. The van der Waals surface area contributed by atoms with Gasteiger partial charge < -0.3 is 15.4 Å². The standard InChI is InChI=1S/C12H16N2O3/c1-3-11(15)13-8-12(16)14-9-4-6-10(17-2)7-5-9/h4-7H,3,8H2,1-2H3,(H,13,15)(H,14,16). The molecule has 0 aliphatic heterocycles. The van der Waals surface area contributed by atoms with Crippen molar-refractivity contribution in [1.29, 1.82) is 0 Å². The van der Waals surface area contributed by atoms with Gasteiger partial charge in [-0.2, -0.15) is 0 Å². The van der Waals surface area contributed by atoms with Crippen molar-refractivity contribution in [3.63, 3.8) is 0 Å². The molecular formula is C12H16N2O3. The number of carbonyl (C=O) groups is 2. The lowest BCUT2D eigenvalue weighted by molar-refractivity contribution is -0.123. The zero-order valence-corrected chi connectivity index (χ0v) is 9.95. The fourth-order valence-electron chi connectivity index (χ4n) is 1.18. The molecule has 0 aliphatic rings. The van der Waals surface area contributed by atoms with E-state index >= 15 is 0 Å². The van der Waals surface area contributed by atoms with Gasteiger partial charge in [-0.15, -0.1) is 0 Å². The third kappa shape index (κ3) is 4.55. The largest absolute Gasteiger partial charge is 0.497 e. The number of nitrogens with one attached hydrogen (secondary N) is 2. The van der Waals surface area contributed by atoms with E-state index in [0.717, 1.165) is 5.75 Å². The Balaban J connectivity index is 2.42. The predicted molar refractivity (Wildman–Crippen MR) is 64.9 cm³/mol. The maximum atomic E-state index is 11.4. The molecule has 1 aromatic carbocycles. The smallest absolute Gasteiger partial charge is 0.243 e. The highest BCUT2D eigenvalue weighted by Gasteiger charge is 2.04. The van der Waals surface area contributed by atoms with Gasteiger partial charge in [-0.3, -0.25) is 9.59 Å². The number of benzene rings is 1. The molecule has 0 saturated carbocycles. The van der Waals surface area contributed by atoms with Crippen molar-refractivity contribution in [3.8, 4) is 5.75 Å². The molecule has 2 N–H and O–H groups in total. The van der Waals surface area contributed by atoms with Gasteiger partial charge in [0.05, 0.1) is 13.7 Å². The molecule has 0 spiro atoms. The van der Waals surface area contributed by atoms with Crippen LogP contribution in [0.4, 0.5) is 5.69 Å². The molecule has 17 heavy (non-hydrogen) atoms. The normalized spacial score (nSPS) is 9.53. The molecule has 0 radical (unpaired) electrons. The van der Waals surface area contributed by atoms with Crippen LogP contribution in [0.5, 0.6) is 5.75 Å². The molecule has 0 unspecified atom stereocenters. The molecule has 0 heterocycles. The molecule has 5 heteroatoms. The van der Waals surface area contributed by atoms with Gasteiger partial charge >= 0.3 is 0 Å². The average Bonchev–Trinajstić information content (AvgIpc) is 2.36. The van der Waals surface area contributed by atoms with Gasteiger partial charge in [-0.25, -0.2) is 0 Å². The van der Waals surface area contributed by atoms with Crippen LogP contribution in [-0.2, 0) is 9.59 Å². The lowest BCUT2D eigenvalue weighted by atomic mass is 10.3. The van der Waals surface area contributed by atoms with Crippen LogP contribution >= 0.6 is 0 Å². The first-order chi connectivity index (χ1) is 8.15. The number of methoxy groups -OCH3 is 1. The van der Waals surface area contributed by atoms with Gasteiger partial charge in [-0.05, 0) is 24.3 Å². The Kier molecular flexibility index (Phi) is 5.00. The Morgan fingerprint density at radius 3 is 2.35 bits per heavy atom. The minimum absolute atomic E-state index is 0.0152. The molecule has 0 aromatic heterocycles. The third-order valence-electron chi connectivity index (χ3n) is 2.14. The number of rotatable bonds is 5. The minimum Gasteiger partial charge on any atom is -0.497 e. The molecular weight excluding hydrogens is 220 g/mol. The minimum atomic E-state index is -0.253. The van der Waals surface area contributed by atoms with Crippen LogP contribution in [0.2, 0.25) is 0 Å². The topological polar surface area (TPSA) is 67.4 Å². The van der Waals surface area contributed by atoms with E-state index in [1.54, 1.807) is 38.3 Å². The van der Waals surface area contributed by atoms with Gasteiger partial charge in [0.1, 0.15) is 5.75 Å². The zero-order chi connectivity index (χ0) is 12.7. The Labute approximate surface area is 100 Å². The number of carbonyl (C=O) groups excluding carboxylic acids is 2. The fraction of sp³-hybridized carbons (Fsp3) is 0.333. The second kappa shape index (κ2) is 6.52. The molecule has 5 nitrogen and oxygen atoms in total. The van der Waals surface area contributed by atoms with Crippen LogP contribution in [0.25, 0.3) is 0 Å². The molecule has 1 aromatic rings. The Bertz CT molecular complexity index is 387. The predicted octanol–water partition coefficient (Wildman–Crippen LogP) is 1.16. The first-order valence-electron chi connectivity index (χ1n) is 5.36. The van der Waals surface area contributed by atoms with Gasteiger partial charge in [0.25, 0.3) is 0 Å². The van der Waals surface area contributed by atoms with E-state index in [0.29, 0.717) is 12.1 Å². The van der Waals surface area contributed by atoms with Crippen LogP contribution in [0.1, 0.15) is 13.3 Å². The van der Waals surface area contributed by atoms with Crippen LogP contribution in [0.3, 0.4) is 0 Å². The van der Waals surface area contributed by atoms with E-state index in [2.05, 4.69) is 10.6 Å². The number of hydrogen-bond donors (Lipinski definition) is 2. The molecule has 1 rings (SSSR count). The van der Waals surface area contributed by atoms with Gasteiger partial charge in [-0.1, -0.05) is 6.92 Å². The summed E-state index contributed by atoms with van der Waals surface area (Å²) in [6, 6.07) is 6.97. The Morgan fingerprint density at radius 1 is 1.18 bits per heavy atom. The van der Waals surface area contributed by atoms with Crippen molar-refractivity contribution < 1.29 is 14.3 Å². The fourth-order valence-corrected chi connectivity index (χ4v) is 1.18. The summed E-state index contributed by atoms with van der Waals surface area (Å²) in [5.41, 5.74) is 0.668. The zero-order valence-electron chi connectivity index (χ0n) is 9.95. The highest BCUT2D eigenvalue weighted by Crippen LogP contribution is 2.14. The van der Waals surface area contributed by atoms with Gasteiger partial charge in [0.2, 0.25) is 11.8 Å². The summed E-state index contributed by atoms with van der Waals surface area (Å²) in [6.07, 6.45) is 0.371. The van der Waals surface area contributed by atoms with Gasteiger partial charge in [0.15, 0.2) is 0 Å². The monoisotopic (exact) mass is 236 g/mol. The van der Waals surface area contributed by atoms with E-state index in [-0.39, 0.29) is 18.4 Å². The number of anilines is 1. The van der Waals surface area contributed by atoms with E-state index in [1.165, 1.54) is 0 Å². The summed E-state index contributed by atoms with van der Waals surface area (Å²) >= 11 is 0. The summed E-state index contributed by atoms with van der Waals surface area (Å²) < 4.78 is 5.00. The first-order valence-corrected chi connectivity index (χ1v) is 5.36. The first kappa shape index (κ1) is 13.0. The number of amides is 2. The van der Waals surface area contributed by atoms with Crippen LogP contribution < -0.4 is 15.4 Å². The molecule has 0 atom stereocenters. The van der Waals surface area contributed by atoms with Crippen molar-refractivity contribution in [2.45, 2.75) is 13.3 Å². The summed E-state index contributed by atoms with van der Waals surface area (Å²) in [4.78, 5) is 22.4. The molecule has 0 aliphatic carbocycles. The maximum absolute atomic E-state index is 11.4. The number of ether oxygens (including phenoxy) is 1. The van der Waals surface area contributed by atoms with Crippen molar-refractivity contribution in [1.82, 2.24) is 5.32 Å². The summed E-state index contributed by atoms with van der Waals surface area (Å²) in [6.45, 7) is 1.72. The summed E-state index contributed by atoms with van der Waals surface area (Å²) in [7, 11) is 1.58. The quantitative estimate of drug-likeness (QED) is 0.806. The molecule has 2 amide bonds. The summed E-state index contributed by atoms with van der Waals surface area (Å²) in [5, 5.41) is 5.16. The van der Waals surface area contributed by atoms with Gasteiger partial charge in [0, 0.05) is 12.1 Å². The lowest BCUT2D eigenvalue weighted by Crippen LogP contribution is -2.32. The molecule has 92 valence electrons. The Hall–Kier alpha value is -2.04. The second-order valence-electron chi connectivity index (χ2n) is 3.41. The van der Waals surface area contributed by atoms with Crippen LogP contribution in [-0.4, -0.2) is 25.5 Å². The molecule has 0 saturated heterocycles. The van der Waals surface area contributed by atoms with E-state index in [9.17, 15) is 9.59 Å². The Morgan fingerprint density at radius 2 is 1.82 bits per heavy atom. The highest BCUT2D eigenvalue weighted by atomic mass is 16.5. The van der Waals surface area contributed by atoms with E-state index in [1.807, 2.05) is 0 Å². The molecule has 0 bridgehead atoms. The average molecular weight is 236 g/mol. The molecule has 0 fully saturated rings. The third-order valence-corrected chi connectivity index (χ3v) is 2.14. The van der Waals surface area contributed by atoms with Crippen molar-refractivity contribution >= 4 is 17.5 Å². The van der Waals surface area contributed by atoms with Crippen LogP contribution in [0, 0.1) is 0 Å². The van der Waals surface area contributed by atoms with Crippen LogP contribution in [0.15, 0.2) is 24.3 Å². The van der Waals surface area contributed by atoms with Crippen molar-refractivity contribution in [3.05, 3.63) is 24.3 Å². The maximum Gasteiger partial charge on any atom is 0.243 e. The van der Waals surface area contributed by atoms with E-state index < -0.39 is 0 Å². The SMILES string of the molecule is CCC(=O)NCC(=O)Nc1ccc(OC)cc1. The second-order valence-corrected chi connectivity index (χ2v) is 3.41. The van der Waals surface area contributed by atoms with E-state index in [4.69, 9.17) is 4.74 Å². The highest BCUT2D eigenvalue weighted by molar-refractivity contribution is 5.94.